The van der Waals surface area contributed by atoms with Crippen molar-refractivity contribution in [2.75, 3.05) is 0 Å². The topological polar surface area (TPSA) is 0 Å². The van der Waals surface area contributed by atoms with E-state index in [2.05, 4.69) is 18.7 Å². The van der Waals surface area contributed by atoms with Gasteiger partial charge in [-0.05, 0) is 75.0 Å². The Morgan fingerprint density at radius 2 is 1.47 bits per heavy atom. The summed E-state index contributed by atoms with van der Waals surface area (Å²) in [6, 6.07) is 0. The Bertz CT molecular complexity index is 278. The fourth-order valence-corrected chi connectivity index (χ4v) is 4.42. The third-order valence-electron chi connectivity index (χ3n) is 5.50. The van der Waals surface area contributed by atoms with Crippen molar-refractivity contribution < 1.29 is 0 Å². The highest BCUT2D eigenvalue weighted by molar-refractivity contribution is 6.25. The molecule has 0 bridgehead atoms. The quantitative estimate of drug-likeness (QED) is 0.517. The third-order valence-corrected chi connectivity index (χ3v) is 5.64. The van der Waals surface area contributed by atoms with Crippen molar-refractivity contribution in [3.8, 4) is 0 Å². The Kier molecular flexibility index (Phi) is 6.50. The SMILES string of the molecule is C=CCC[C@H]1CC[C@H]([C@H]2CC[C@H](/C=C/Cl)CC2)CC1. The number of hydrogen-bond acceptors (Lipinski definition) is 0. The minimum Gasteiger partial charge on any atom is -0.103 e. The van der Waals surface area contributed by atoms with E-state index in [1.165, 1.54) is 64.2 Å². The molecule has 0 unspecified atom stereocenters. The molecule has 0 aromatic carbocycles. The van der Waals surface area contributed by atoms with Crippen molar-refractivity contribution in [1.82, 2.24) is 0 Å². The number of rotatable bonds is 5. The van der Waals surface area contributed by atoms with Gasteiger partial charge in [0.05, 0.1) is 0 Å². The van der Waals surface area contributed by atoms with Gasteiger partial charge in [-0.3, -0.25) is 0 Å². The molecule has 2 aliphatic carbocycles. The van der Waals surface area contributed by atoms with Gasteiger partial charge in [0, 0.05) is 5.54 Å². The molecule has 0 heterocycles. The molecule has 0 aromatic heterocycles. The molecule has 2 saturated carbocycles. The van der Waals surface area contributed by atoms with E-state index in [1.807, 2.05) is 0 Å². The zero-order valence-corrected chi connectivity index (χ0v) is 13.0. The van der Waals surface area contributed by atoms with Crippen LogP contribution in [0.1, 0.15) is 64.2 Å². The van der Waals surface area contributed by atoms with Crippen LogP contribution in [0.3, 0.4) is 0 Å². The molecule has 0 aliphatic heterocycles. The van der Waals surface area contributed by atoms with E-state index in [9.17, 15) is 0 Å². The first-order chi connectivity index (χ1) is 9.33. The van der Waals surface area contributed by atoms with Crippen LogP contribution in [-0.4, -0.2) is 0 Å². The highest BCUT2D eigenvalue weighted by atomic mass is 35.5. The van der Waals surface area contributed by atoms with Crippen LogP contribution < -0.4 is 0 Å². The summed E-state index contributed by atoms with van der Waals surface area (Å²) < 4.78 is 0. The summed E-state index contributed by atoms with van der Waals surface area (Å²) in [6.07, 6.45) is 18.4. The fraction of sp³-hybridized carbons (Fsp3) is 0.778. The molecule has 2 rings (SSSR count). The largest absolute Gasteiger partial charge is 0.103 e. The first-order valence-corrected chi connectivity index (χ1v) is 8.65. The van der Waals surface area contributed by atoms with Gasteiger partial charge in [-0.1, -0.05) is 36.6 Å². The van der Waals surface area contributed by atoms with Gasteiger partial charge < -0.3 is 0 Å². The predicted molar refractivity (Wildman–Crippen MR) is 85.3 cm³/mol. The minimum atomic E-state index is 0.762. The summed E-state index contributed by atoms with van der Waals surface area (Å²) in [7, 11) is 0. The van der Waals surface area contributed by atoms with E-state index in [0.29, 0.717) is 0 Å². The molecule has 108 valence electrons. The molecular formula is C18H29Cl. The lowest BCUT2D eigenvalue weighted by molar-refractivity contribution is 0.153. The van der Waals surface area contributed by atoms with Crippen molar-refractivity contribution in [3.05, 3.63) is 24.3 Å². The van der Waals surface area contributed by atoms with Crippen LogP contribution in [0.15, 0.2) is 24.3 Å². The second-order valence-electron chi connectivity index (χ2n) is 6.64. The van der Waals surface area contributed by atoms with Gasteiger partial charge in [0.2, 0.25) is 0 Å². The average Bonchev–Trinajstić information content (AvgIpc) is 2.47. The minimum absolute atomic E-state index is 0.762. The van der Waals surface area contributed by atoms with Crippen molar-refractivity contribution >= 4 is 11.6 Å². The summed E-state index contributed by atoms with van der Waals surface area (Å²) >= 11 is 5.69. The molecule has 0 amide bonds. The zero-order chi connectivity index (χ0) is 13.5. The summed E-state index contributed by atoms with van der Waals surface area (Å²) in [5.74, 6) is 3.80. The molecule has 1 heteroatoms. The highest BCUT2D eigenvalue weighted by Gasteiger charge is 2.29. The Hall–Kier alpha value is -0.230. The molecule has 0 saturated heterocycles. The van der Waals surface area contributed by atoms with Gasteiger partial charge in [0.15, 0.2) is 0 Å². The second-order valence-corrected chi connectivity index (χ2v) is 6.89. The Morgan fingerprint density at radius 1 is 0.895 bits per heavy atom. The maximum absolute atomic E-state index is 5.69. The number of allylic oxidation sites excluding steroid dienone is 2. The van der Waals surface area contributed by atoms with Crippen molar-refractivity contribution in [3.63, 3.8) is 0 Å². The lowest BCUT2D eigenvalue weighted by Crippen LogP contribution is -2.25. The highest BCUT2D eigenvalue weighted by Crippen LogP contribution is 2.42. The maximum atomic E-state index is 5.69. The first kappa shape index (κ1) is 15.2. The van der Waals surface area contributed by atoms with Crippen molar-refractivity contribution in [1.29, 1.82) is 0 Å². The molecule has 0 aromatic rings. The summed E-state index contributed by atoms with van der Waals surface area (Å²) in [6.45, 7) is 3.84. The van der Waals surface area contributed by atoms with Crippen LogP contribution in [0, 0.1) is 23.7 Å². The number of hydrogen-bond donors (Lipinski definition) is 0. The molecule has 19 heavy (non-hydrogen) atoms. The predicted octanol–water partition coefficient (Wildman–Crippen LogP) is 6.32. The Balaban J connectivity index is 1.69. The molecule has 0 atom stereocenters. The van der Waals surface area contributed by atoms with Crippen LogP contribution >= 0.6 is 11.6 Å². The Labute approximate surface area is 124 Å². The second kappa shape index (κ2) is 8.15. The van der Waals surface area contributed by atoms with Crippen molar-refractivity contribution in [2.45, 2.75) is 64.2 Å². The van der Waals surface area contributed by atoms with Gasteiger partial charge in [-0.25, -0.2) is 0 Å². The number of halogens is 1. The molecule has 2 aliphatic rings. The molecule has 0 spiro atoms. The van der Waals surface area contributed by atoms with Crippen molar-refractivity contribution in [2.24, 2.45) is 23.7 Å². The van der Waals surface area contributed by atoms with Crippen LogP contribution in [-0.2, 0) is 0 Å². The molecule has 0 nitrogen and oxygen atoms in total. The third kappa shape index (κ3) is 4.67. The fourth-order valence-electron chi connectivity index (χ4n) is 4.21. The average molecular weight is 281 g/mol. The normalized spacial score (nSPS) is 36.5. The summed E-state index contributed by atoms with van der Waals surface area (Å²) in [5, 5.41) is 0. The first-order valence-electron chi connectivity index (χ1n) is 8.21. The van der Waals surface area contributed by atoms with Gasteiger partial charge in [-0.2, -0.15) is 0 Å². The van der Waals surface area contributed by atoms with Gasteiger partial charge >= 0.3 is 0 Å². The van der Waals surface area contributed by atoms with E-state index in [-0.39, 0.29) is 0 Å². The molecule has 0 radical (unpaired) electrons. The lowest BCUT2D eigenvalue weighted by Gasteiger charge is -2.37. The van der Waals surface area contributed by atoms with Gasteiger partial charge in [0.25, 0.3) is 0 Å². The molecule has 2 fully saturated rings. The van der Waals surface area contributed by atoms with E-state index in [0.717, 1.165) is 23.7 Å². The van der Waals surface area contributed by atoms with E-state index < -0.39 is 0 Å². The molecular weight excluding hydrogens is 252 g/mol. The van der Waals surface area contributed by atoms with Gasteiger partial charge in [-0.15, -0.1) is 6.58 Å². The Morgan fingerprint density at radius 3 is 2.00 bits per heavy atom. The van der Waals surface area contributed by atoms with Crippen LogP contribution in [0.2, 0.25) is 0 Å². The van der Waals surface area contributed by atoms with Crippen LogP contribution in [0.5, 0.6) is 0 Å². The standard InChI is InChI=1S/C18H29Cl/c1-2-3-4-15-5-9-17(10-6-15)18-11-7-16(8-12-18)13-14-19/h2,13-18H,1,3-12H2/b14-13+/t15-,16-,17-,18-. The summed E-state index contributed by atoms with van der Waals surface area (Å²) in [4.78, 5) is 0. The maximum Gasteiger partial charge on any atom is 0.000525 e. The lowest BCUT2D eigenvalue weighted by atomic mass is 9.69. The van der Waals surface area contributed by atoms with E-state index in [4.69, 9.17) is 11.6 Å². The smallest absolute Gasteiger partial charge is 0.000525 e. The summed E-state index contributed by atoms with van der Waals surface area (Å²) in [5.41, 5.74) is 1.72. The van der Waals surface area contributed by atoms with Gasteiger partial charge in [0.1, 0.15) is 0 Å². The zero-order valence-electron chi connectivity index (χ0n) is 12.2. The van der Waals surface area contributed by atoms with Crippen LogP contribution in [0.25, 0.3) is 0 Å². The monoisotopic (exact) mass is 280 g/mol. The molecule has 0 N–H and O–H groups in total. The van der Waals surface area contributed by atoms with E-state index >= 15 is 0 Å². The van der Waals surface area contributed by atoms with E-state index in [1.54, 1.807) is 5.54 Å². The van der Waals surface area contributed by atoms with Crippen LogP contribution in [0.4, 0.5) is 0 Å².